The van der Waals surface area contributed by atoms with Gasteiger partial charge in [-0.3, -0.25) is 0 Å². The number of hydrogen-bond acceptors (Lipinski definition) is 7. The topological polar surface area (TPSA) is 93.0 Å². The normalized spacial score (nSPS) is 16.6. The third-order valence-corrected chi connectivity index (χ3v) is 7.10. The number of rotatable bonds is 6. The van der Waals surface area contributed by atoms with Gasteiger partial charge < -0.3 is 29.1 Å². The van der Waals surface area contributed by atoms with Crippen molar-refractivity contribution in [2.75, 3.05) is 50.6 Å². The number of urea groups is 1. The van der Waals surface area contributed by atoms with Gasteiger partial charge in [0.05, 0.1) is 19.9 Å². The molecule has 36 heavy (non-hydrogen) atoms. The van der Waals surface area contributed by atoms with Crippen molar-refractivity contribution in [2.24, 2.45) is 0 Å². The maximum atomic E-state index is 12.8. The molecular formula is C27H33N5O4. The molecule has 9 nitrogen and oxygen atoms in total. The van der Waals surface area contributed by atoms with Crippen LogP contribution in [0.5, 0.6) is 11.5 Å². The van der Waals surface area contributed by atoms with Gasteiger partial charge in [0, 0.05) is 49.4 Å². The summed E-state index contributed by atoms with van der Waals surface area (Å²) >= 11 is 0. The molecule has 2 aromatic carbocycles. The van der Waals surface area contributed by atoms with E-state index in [0.29, 0.717) is 42.0 Å². The summed E-state index contributed by atoms with van der Waals surface area (Å²) in [5, 5.41) is 7.18. The molecule has 1 aromatic heterocycles. The van der Waals surface area contributed by atoms with Gasteiger partial charge in [-0.25, -0.2) is 4.79 Å². The number of hydrogen-bond donors (Lipinski definition) is 1. The molecule has 2 heterocycles. The zero-order valence-electron chi connectivity index (χ0n) is 20.9. The lowest BCUT2D eigenvalue weighted by atomic mass is 9.89. The maximum absolute atomic E-state index is 12.8. The van der Waals surface area contributed by atoms with Crippen LogP contribution in [0.3, 0.4) is 0 Å². The fourth-order valence-electron chi connectivity index (χ4n) is 4.95. The summed E-state index contributed by atoms with van der Waals surface area (Å²) in [4.78, 5) is 21.6. The molecule has 0 spiro atoms. The van der Waals surface area contributed by atoms with Crippen molar-refractivity contribution < 1.29 is 18.8 Å². The summed E-state index contributed by atoms with van der Waals surface area (Å²) in [6, 6.07) is 13.5. The summed E-state index contributed by atoms with van der Waals surface area (Å²) in [7, 11) is 3.17. The number of piperazine rings is 1. The first-order valence-electron chi connectivity index (χ1n) is 12.6. The molecule has 2 amide bonds. The largest absolute Gasteiger partial charge is 0.497 e. The molecule has 1 saturated heterocycles. The maximum Gasteiger partial charge on any atom is 0.322 e. The van der Waals surface area contributed by atoms with E-state index in [0.717, 1.165) is 43.1 Å². The Morgan fingerprint density at radius 3 is 2.42 bits per heavy atom. The number of amides is 2. The Labute approximate surface area is 211 Å². The van der Waals surface area contributed by atoms with E-state index in [9.17, 15) is 4.79 Å². The van der Waals surface area contributed by atoms with Gasteiger partial charge in [-0.05, 0) is 49.2 Å². The molecule has 9 heteroatoms. The molecule has 0 radical (unpaired) electrons. The van der Waals surface area contributed by atoms with Crippen LogP contribution in [0.25, 0.3) is 11.4 Å². The predicted molar refractivity (Wildman–Crippen MR) is 138 cm³/mol. The van der Waals surface area contributed by atoms with Crippen molar-refractivity contribution in [2.45, 2.75) is 38.0 Å². The van der Waals surface area contributed by atoms with Gasteiger partial charge in [-0.15, -0.1) is 0 Å². The Morgan fingerprint density at radius 2 is 1.72 bits per heavy atom. The Hall–Kier alpha value is -3.75. The summed E-state index contributed by atoms with van der Waals surface area (Å²) in [5.41, 5.74) is 2.69. The molecule has 0 unspecified atom stereocenters. The van der Waals surface area contributed by atoms with Crippen molar-refractivity contribution in [1.82, 2.24) is 15.0 Å². The number of methoxy groups -OCH3 is 2. The van der Waals surface area contributed by atoms with Crippen LogP contribution >= 0.6 is 0 Å². The van der Waals surface area contributed by atoms with E-state index < -0.39 is 0 Å². The molecule has 1 aliphatic heterocycles. The Kier molecular flexibility index (Phi) is 7.25. The van der Waals surface area contributed by atoms with E-state index in [4.69, 9.17) is 14.0 Å². The van der Waals surface area contributed by atoms with E-state index >= 15 is 0 Å². The van der Waals surface area contributed by atoms with Crippen LogP contribution in [0, 0.1) is 0 Å². The van der Waals surface area contributed by atoms with Gasteiger partial charge in [0.25, 0.3) is 0 Å². The predicted octanol–water partition coefficient (Wildman–Crippen LogP) is 5.16. The summed E-state index contributed by atoms with van der Waals surface area (Å²) < 4.78 is 16.2. The smallest absolute Gasteiger partial charge is 0.322 e. The molecule has 0 atom stereocenters. The fourth-order valence-corrected chi connectivity index (χ4v) is 4.95. The van der Waals surface area contributed by atoms with Crippen LogP contribution in [0.15, 0.2) is 47.0 Å². The number of anilines is 2. The van der Waals surface area contributed by atoms with E-state index in [1.54, 1.807) is 32.4 Å². The van der Waals surface area contributed by atoms with Gasteiger partial charge in [0.1, 0.15) is 11.5 Å². The van der Waals surface area contributed by atoms with E-state index in [1.807, 2.05) is 17.0 Å². The molecule has 1 N–H and O–H groups in total. The van der Waals surface area contributed by atoms with Gasteiger partial charge in [0.15, 0.2) is 0 Å². The third-order valence-electron chi connectivity index (χ3n) is 7.10. The SMILES string of the molecule is COc1ccc(NC(=O)N2CCN(c3ccc(-c4noc(C5CCCCC5)n4)cc3)CC2)c(OC)c1. The summed E-state index contributed by atoms with van der Waals surface area (Å²) in [6.45, 7) is 2.75. The van der Waals surface area contributed by atoms with E-state index in [-0.39, 0.29) is 6.03 Å². The number of carbonyl (C=O) groups is 1. The molecule has 0 bridgehead atoms. The molecule has 3 aromatic rings. The molecule has 5 rings (SSSR count). The van der Waals surface area contributed by atoms with Crippen molar-refractivity contribution in [3.63, 3.8) is 0 Å². The number of benzene rings is 2. The standard InChI is InChI=1S/C27H33N5O4/c1-34-22-12-13-23(24(18-22)35-2)28-27(33)32-16-14-31(15-17-32)21-10-8-19(9-11-21)25-29-26(36-30-25)20-6-4-3-5-7-20/h8-13,18,20H,3-7,14-17H2,1-2H3,(H,28,33). The second-order valence-corrected chi connectivity index (χ2v) is 9.31. The third kappa shape index (κ3) is 5.24. The number of aromatic nitrogens is 2. The molecule has 2 aliphatic rings. The highest BCUT2D eigenvalue weighted by Gasteiger charge is 2.24. The first-order valence-corrected chi connectivity index (χ1v) is 12.6. The van der Waals surface area contributed by atoms with Crippen LogP contribution in [-0.2, 0) is 0 Å². The number of carbonyl (C=O) groups excluding carboxylic acids is 1. The molecule has 1 saturated carbocycles. The van der Waals surface area contributed by atoms with Crippen LogP contribution in [0.1, 0.15) is 43.9 Å². The lowest BCUT2D eigenvalue weighted by molar-refractivity contribution is 0.208. The fraction of sp³-hybridized carbons (Fsp3) is 0.444. The van der Waals surface area contributed by atoms with E-state index in [1.165, 1.54) is 19.3 Å². The minimum atomic E-state index is -0.139. The molecule has 2 fully saturated rings. The summed E-state index contributed by atoms with van der Waals surface area (Å²) in [6.07, 6.45) is 6.05. The van der Waals surface area contributed by atoms with E-state index in [2.05, 4.69) is 32.5 Å². The molecule has 1 aliphatic carbocycles. The zero-order valence-corrected chi connectivity index (χ0v) is 20.9. The Morgan fingerprint density at radius 1 is 0.972 bits per heavy atom. The second kappa shape index (κ2) is 10.9. The van der Waals surface area contributed by atoms with Gasteiger partial charge in [0.2, 0.25) is 11.7 Å². The molecule has 190 valence electrons. The minimum absolute atomic E-state index is 0.139. The van der Waals surface area contributed by atoms with Gasteiger partial charge in [-0.1, -0.05) is 24.4 Å². The molecular weight excluding hydrogens is 458 g/mol. The Balaban J connectivity index is 1.16. The van der Waals surface area contributed by atoms with Gasteiger partial charge in [-0.2, -0.15) is 4.98 Å². The number of nitrogens with one attached hydrogen (secondary N) is 1. The first kappa shape index (κ1) is 24.0. The van der Waals surface area contributed by atoms with Crippen molar-refractivity contribution in [1.29, 1.82) is 0 Å². The lowest BCUT2D eigenvalue weighted by Gasteiger charge is -2.36. The minimum Gasteiger partial charge on any atom is -0.497 e. The highest BCUT2D eigenvalue weighted by Crippen LogP contribution is 2.33. The Bertz CT molecular complexity index is 1170. The number of ether oxygens (including phenoxy) is 2. The summed E-state index contributed by atoms with van der Waals surface area (Å²) in [5.74, 6) is 3.06. The zero-order chi connectivity index (χ0) is 24.9. The first-order chi connectivity index (χ1) is 17.6. The average molecular weight is 492 g/mol. The quantitative estimate of drug-likeness (QED) is 0.509. The second-order valence-electron chi connectivity index (χ2n) is 9.31. The van der Waals surface area contributed by atoms with Crippen LogP contribution < -0.4 is 19.7 Å². The van der Waals surface area contributed by atoms with Crippen molar-refractivity contribution in [3.05, 3.63) is 48.4 Å². The number of nitrogens with zero attached hydrogens (tertiary/aromatic N) is 4. The highest BCUT2D eigenvalue weighted by molar-refractivity contribution is 5.91. The van der Waals surface area contributed by atoms with Gasteiger partial charge >= 0.3 is 6.03 Å². The van der Waals surface area contributed by atoms with Crippen molar-refractivity contribution >= 4 is 17.4 Å². The average Bonchev–Trinajstić information content (AvgIpc) is 3.44. The van der Waals surface area contributed by atoms with Crippen LogP contribution in [-0.4, -0.2) is 61.5 Å². The monoisotopic (exact) mass is 491 g/mol. The lowest BCUT2D eigenvalue weighted by Crippen LogP contribution is -2.50. The van der Waals surface area contributed by atoms with Crippen molar-refractivity contribution in [3.8, 4) is 22.9 Å². The highest BCUT2D eigenvalue weighted by atomic mass is 16.5. The van der Waals surface area contributed by atoms with Crippen LogP contribution in [0.2, 0.25) is 0 Å². The van der Waals surface area contributed by atoms with Crippen LogP contribution in [0.4, 0.5) is 16.2 Å².